The number of nitrogens with one attached hydrogen (secondary N) is 2. The molecule has 0 aliphatic heterocycles. The van der Waals surface area contributed by atoms with Crippen LogP contribution in [0.1, 0.15) is 21.6 Å². The summed E-state index contributed by atoms with van der Waals surface area (Å²) in [4.78, 5) is 20.7. The average molecular weight is 397 g/mol. The van der Waals surface area contributed by atoms with Gasteiger partial charge in [0.1, 0.15) is 5.69 Å². The molecular weight excluding hydrogens is 380 g/mol. The van der Waals surface area contributed by atoms with Gasteiger partial charge in [-0.2, -0.15) is 0 Å². The SMILES string of the molecule is Cc1cc(Br)ccc1NC(=O)c1cc(NCc2cccnc2)ccn1. The smallest absolute Gasteiger partial charge is 0.274 e. The van der Waals surface area contributed by atoms with E-state index in [1.54, 1.807) is 24.7 Å². The van der Waals surface area contributed by atoms with Gasteiger partial charge in [-0.05, 0) is 54.4 Å². The Balaban J connectivity index is 1.69. The van der Waals surface area contributed by atoms with Crippen LogP contribution in [0.5, 0.6) is 0 Å². The standard InChI is InChI=1S/C19H17BrN4O/c1-13-9-15(20)4-5-17(13)24-19(25)18-10-16(6-8-22-18)23-12-14-3-2-7-21-11-14/h2-11H,12H2,1H3,(H,22,23)(H,24,25). The Morgan fingerprint density at radius 3 is 2.80 bits per heavy atom. The van der Waals surface area contributed by atoms with E-state index in [1.807, 2.05) is 43.3 Å². The molecule has 2 heterocycles. The van der Waals surface area contributed by atoms with Gasteiger partial charge >= 0.3 is 0 Å². The number of carbonyl (C=O) groups is 1. The van der Waals surface area contributed by atoms with Crippen molar-refractivity contribution < 1.29 is 4.79 Å². The molecule has 3 rings (SSSR count). The Morgan fingerprint density at radius 2 is 2.04 bits per heavy atom. The maximum Gasteiger partial charge on any atom is 0.274 e. The summed E-state index contributed by atoms with van der Waals surface area (Å²) >= 11 is 3.42. The van der Waals surface area contributed by atoms with Crippen LogP contribution in [0.3, 0.4) is 0 Å². The van der Waals surface area contributed by atoms with Crippen LogP contribution in [0.4, 0.5) is 11.4 Å². The Labute approximate surface area is 154 Å². The minimum Gasteiger partial charge on any atom is -0.381 e. The van der Waals surface area contributed by atoms with Crippen molar-refractivity contribution in [3.63, 3.8) is 0 Å². The summed E-state index contributed by atoms with van der Waals surface area (Å²) in [6, 6.07) is 13.2. The molecule has 0 bridgehead atoms. The van der Waals surface area contributed by atoms with Gasteiger partial charge in [0, 0.05) is 41.0 Å². The fourth-order valence-electron chi connectivity index (χ4n) is 2.33. The third kappa shape index (κ3) is 4.64. The van der Waals surface area contributed by atoms with Crippen molar-refractivity contribution in [3.05, 3.63) is 82.3 Å². The summed E-state index contributed by atoms with van der Waals surface area (Å²) in [5.41, 5.74) is 4.00. The highest BCUT2D eigenvalue weighted by molar-refractivity contribution is 9.10. The Kier molecular flexibility index (Phi) is 5.40. The van der Waals surface area contributed by atoms with E-state index in [1.165, 1.54) is 0 Å². The number of hydrogen-bond acceptors (Lipinski definition) is 4. The van der Waals surface area contributed by atoms with Crippen molar-refractivity contribution in [1.82, 2.24) is 9.97 Å². The number of hydrogen-bond donors (Lipinski definition) is 2. The van der Waals surface area contributed by atoms with Crippen LogP contribution in [0.2, 0.25) is 0 Å². The number of nitrogens with zero attached hydrogens (tertiary/aromatic N) is 2. The van der Waals surface area contributed by atoms with E-state index >= 15 is 0 Å². The van der Waals surface area contributed by atoms with Gasteiger partial charge in [-0.1, -0.05) is 22.0 Å². The first-order valence-corrected chi connectivity index (χ1v) is 8.57. The van der Waals surface area contributed by atoms with E-state index in [4.69, 9.17) is 0 Å². The van der Waals surface area contributed by atoms with Crippen LogP contribution < -0.4 is 10.6 Å². The lowest BCUT2D eigenvalue weighted by atomic mass is 10.2. The van der Waals surface area contributed by atoms with Crippen LogP contribution in [0.25, 0.3) is 0 Å². The van der Waals surface area contributed by atoms with Gasteiger partial charge < -0.3 is 10.6 Å². The second kappa shape index (κ2) is 7.90. The van der Waals surface area contributed by atoms with Gasteiger partial charge in [-0.15, -0.1) is 0 Å². The molecule has 0 radical (unpaired) electrons. The number of aromatic nitrogens is 2. The van der Waals surface area contributed by atoms with Crippen molar-refractivity contribution in [3.8, 4) is 0 Å². The lowest BCUT2D eigenvalue weighted by Gasteiger charge is -2.10. The predicted octanol–water partition coefficient (Wildman–Crippen LogP) is 4.41. The van der Waals surface area contributed by atoms with E-state index in [9.17, 15) is 4.79 Å². The fraction of sp³-hybridized carbons (Fsp3) is 0.105. The van der Waals surface area contributed by atoms with Crippen molar-refractivity contribution in [2.45, 2.75) is 13.5 Å². The summed E-state index contributed by atoms with van der Waals surface area (Å²) in [5.74, 6) is -0.240. The van der Waals surface area contributed by atoms with Crippen molar-refractivity contribution in [2.75, 3.05) is 10.6 Å². The molecule has 0 saturated carbocycles. The molecule has 1 aromatic carbocycles. The van der Waals surface area contributed by atoms with Gasteiger partial charge in [-0.3, -0.25) is 14.8 Å². The van der Waals surface area contributed by atoms with Crippen LogP contribution in [-0.2, 0) is 6.54 Å². The van der Waals surface area contributed by atoms with Gasteiger partial charge in [0.05, 0.1) is 0 Å². The highest BCUT2D eigenvalue weighted by Gasteiger charge is 2.10. The minimum absolute atomic E-state index is 0.240. The molecular formula is C19H17BrN4O. The monoisotopic (exact) mass is 396 g/mol. The summed E-state index contributed by atoms with van der Waals surface area (Å²) in [6.07, 6.45) is 5.16. The van der Waals surface area contributed by atoms with Gasteiger partial charge in [0.25, 0.3) is 5.91 Å². The van der Waals surface area contributed by atoms with Crippen molar-refractivity contribution >= 4 is 33.2 Å². The number of aryl methyl sites for hydroxylation is 1. The Bertz CT molecular complexity index is 884. The van der Waals surface area contributed by atoms with Crippen LogP contribution >= 0.6 is 15.9 Å². The summed E-state index contributed by atoms with van der Waals surface area (Å²) in [7, 11) is 0. The molecule has 6 heteroatoms. The zero-order valence-corrected chi connectivity index (χ0v) is 15.2. The highest BCUT2D eigenvalue weighted by atomic mass is 79.9. The number of carbonyl (C=O) groups excluding carboxylic acids is 1. The predicted molar refractivity (Wildman–Crippen MR) is 103 cm³/mol. The molecule has 0 spiro atoms. The molecule has 0 aliphatic rings. The quantitative estimate of drug-likeness (QED) is 0.669. The van der Waals surface area contributed by atoms with Gasteiger partial charge in [0.15, 0.2) is 0 Å². The first-order chi connectivity index (χ1) is 12.1. The van der Waals surface area contributed by atoms with E-state index in [-0.39, 0.29) is 5.91 Å². The van der Waals surface area contributed by atoms with Crippen LogP contribution in [0.15, 0.2) is 65.5 Å². The summed E-state index contributed by atoms with van der Waals surface area (Å²) in [5, 5.41) is 6.17. The molecule has 2 N–H and O–H groups in total. The second-order valence-corrected chi connectivity index (χ2v) is 6.47. The van der Waals surface area contributed by atoms with Crippen LogP contribution in [0, 0.1) is 6.92 Å². The number of anilines is 2. The lowest BCUT2D eigenvalue weighted by molar-refractivity contribution is 0.102. The number of amides is 1. The van der Waals surface area contributed by atoms with Gasteiger partial charge in [-0.25, -0.2) is 0 Å². The van der Waals surface area contributed by atoms with E-state index in [0.717, 1.165) is 27.0 Å². The summed E-state index contributed by atoms with van der Waals surface area (Å²) in [6.45, 7) is 2.57. The normalized spacial score (nSPS) is 10.3. The lowest BCUT2D eigenvalue weighted by Crippen LogP contribution is -2.14. The zero-order chi connectivity index (χ0) is 17.6. The number of rotatable bonds is 5. The second-order valence-electron chi connectivity index (χ2n) is 5.56. The molecule has 25 heavy (non-hydrogen) atoms. The molecule has 0 aliphatic carbocycles. The maximum atomic E-state index is 12.5. The summed E-state index contributed by atoms with van der Waals surface area (Å²) < 4.78 is 0.975. The highest BCUT2D eigenvalue weighted by Crippen LogP contribution is 2.21. The average Bonchev–Trinajstić information content (AvgIpc) is 2.63. The third-order valence-corrected chi connectivity index (χ3v) is 4.14. The van der Waals surface area contributed by atoms with Crippen molar-refractivity contribution in [1.29, 1.82) is 0 Å². The largest absolute Gasteiger partial charge is 0.381 e. The zero-order valence-electron chi connectivity index (χ0n) is 13.7. The maximum absolute atomic E-state index is 12.5. The molecule has 3 aromatic rings. The number of benzene rings is 1. The fourth-order valence-corrected chi connectivity index (χ4v) is 2.80. The van der Waals surface area contributed by atoms with Crippen LogP contribution in [-0.4, -0.2) is 15.9 Å². The third-order valence-electron chi connectivity index (χ3n) is 3.65. The number of halogens is 1. The first kappa shape index (κ1) is 17.1. The van der Waals surface area contributed by atoms with E-state index in [2.05, 4.69) is 36.5 Å². The Morgan fingerprint density at radius 1 is 1.16 bits per heavy atom. The molecule has 126 valence electrons. The van der Waals surface area contributed by atoms with E-state index in [0.29, 0.717) is 12.2 Å². The molecule has 0 atom stereocenters. The minimum atomic E-state index is -0.240. The topological polar surface area (TPSA) is 66.9 Å². The van der Waals surface area contributed by atoms with Crippen molar-refractivity contribution in [2.24, 2.45) is 0 Å². The van der Waals surface area contributed by atoms with Gasteiger partial charge in [0.2, 0.25) is 0 Å². The Hall–Kier alpha value is -2.73. The molecule has 0 saturated heterocycles. The molecule has 0 unspecified atom stereocenters. The molecule has 5 nitrogen and oxygen atoms in total. The number of pyridine rings is 2. The molecule has 0 fully saturated rings. The molecule has 1 amide bonds. The molecule has 2 aromatic heterocycles. The van der Waals surface area contributed by atoms with E-state index < -0.39 is 0 Å². The first-order valence-electron chi connectivity index (χ1n) is 7.78.